The minimum absolute atomic E-state index is 0.0235. The average Bonchev–Trinajstić information content (AvgIpc) is 2.63. The van der Waals surface area contributed by atoms with Gasteiger partial charge in [-0.25, -0.2) is 4.39 Å². The molecule has 0 aliphatic carbocycles. The number of hydrogen-bond donors (Lipinski definition) is 1. The Hall–Kier alpha value is -0.970. The van der Waals surface area contributed by atoms with Gasteiger partial charge >= 0.3 is 0 Å². The largest absolute Gasteiger partial charge is 0.379 e. The third kappa shape index (κ3) is 2.09. The molecule has 1 aliphatic rings. The van der Waals surface area contributed by atoms with E-state index in [-0.39, 0.29) is 29.0 Å². The van der Waals surface area contributed by atoms with Crippen molar-refractivity contribution in [2.24, 2.45) is 11.7 Å². The molecule has 5 heteroatoms. The third-order valence-corrected chi connectivity index (χ3v) is 2.89. The number of ether oxygens (including phenoxy) is 1. The van der Waals surface area contributed by atoms with E-state index in [4.69, 9.17) is 22.1 Å². The molecule has 16 heavy (non-hydrogen) atoms. The highest BCUT2D eigenvalue weighted by Gasteiger charge is 2.33. The molecular weight excluding hydrogens is 233 g/mol. The SMILES string of the molecule is NC1COCC1C(=O)c1ccc(Cl)cc1F. The van der Waals surface area contributed by atoms with E-state index in [2.05, 4.69) is 0 Å². The molecule has 86 valence electrons. The highest BCUT2D eigenvalue weighted by atomic mass is 35.5. The zero-order valence-electron chi connectivity index (χ0n) is 8.45. The number of halogens is 2. The van der Waals surface area contributed by atoms with Gasteiger partial charge in [-0.2, -0.15) is 0 Å². The molecule has 0 saturated carbocycles. The molecule has 2 atom stereocenters. The lowest BCUT2D eigenvalue weighted by molar-refractivity contribution is 0.0892. The van der Waals surface area contributed by atoms with E-state index in [9.17, 15) is 9.18 Å². The van der Waals surface area contributed by atoms with Gasteiger partial charge in [-0.05, 0) is 18.2 Å². The van der Waals surface area contributed by atoms with Crippen molar-refractivity contribution in [1.29, 1.82) is 0 Å². The van der Waals surface area contributed by atoms with Crippen molar-refractivity contribution in [1.82, 2.24) is 0 Å². The highest BCUT2D eigenvalue weighted by Crippen LogP contribution is 2.21. The second kappa shape index (κ2) is 4.49. The van der Waals surface area contributed by atoms with Crippen LogP contribution in [0, 0.1) is 11.7 Å². The number of benzene rings is 1. The number of Topliss-reactive ketones (excluding diaryl/α,β-unsaturated/α-hetero) is 1. The third-order valence-electron chi connectivity index (χ3n) is 2.66. The fourth-order valence-electron chi connectivity index (χ4n) is 1.73. The molecular formula is C11H11ClFNO2. The number of nitrogens with two attached hydrogens (primary N) is 1. The lowest BCUT2D eigenvalue weighted by Gasteiger charge is -2.12. The summed E-state index contributed by atoms with van der Waals surface area (Å²) in [6.45, 7) is 0.591. The van der Waals surface area contributed by atoms with Crippen LogP contribution in [0.5, 0.6) is 0 Å². The smallest absolute Gasteiger partial charge is 0.172 e. The van der Waals surface area contributed by atoms with E-state index in [0.29, 0.717) is 6.61 Å². The van der Waals surface area contributed by atoms with Crippen molar-refractivity contribution in [3.8, 4) is 0 Å². The second-order valence-corrected chi connectivity index (χ2v) is 4.23. The standard InChI is InChI=1S/C11H11ClFNO2/c12-6-1-2-7(9(13)3-6)11(15)8-4-16-5-10(8)14/h1-3,8,10H,4-5,14H2. The van der Waals surface area contributed by atoms with Gasteiger partial charge < -0.3 is 10.5 Å². The fraction of sp³-hybridized carbons (Fsp3) is 0.364. The number of ketones is 1. The van der Waals surface area contributed by atoms with Crippen molar-refractivity contribution >= 4 is 17.4 Å². The molecule has 3 nitrogen and oxygen atoms in total. The van der Waals surface area contributed by atoms with Crippen LogP contribution in [0.15, 0.2) is 18.2 Å². The molecule has 0 radical (unpaired) electrons. The summed E-state index contributed by atoms with van der Waals surface area (Å²) in [7, 11) is 0. The summed E-state index contributed by atoms with van der Waals surface area (Å²) in [4.78, 5) is 11.9. The Labute approximate surface area is 97.3 Å². The molecule has 1 heterocycles. The predicted octanol–water partition coefficient (Wildman–Crippen LogP) is 1.64. The molecule has 1 aromatic rings. The maximum atomic E-state index is 13.5. The Kier molecular flexibility index (Phi) is 3.23. The van der Waals surface area contributed by atoms with Gasteiger partial charge in [0.05, 0.1) is 24.7 Å². The van der Waals surface area contributed by atoms with Crippen molar-refractivity contribution in [3.05, 3.63) is 34.6 Å². The topological polar surface area (TPSA) is 52.3 Å². The van der Waals surface area contributed by atoms with Crippen molar-refractivity contribution < 1.29 is 13.9 Å². The van der Waals surface area contributed by atoms with Crippen LogP contribution < -0.4 is 5.73 Å². The molecule has 1 aromatic carbocycles. The summed E-state index contributed by atoms with van der Waals surface area (Å²) in [6, 6.07) is 3.63. The highest BCUT2D eigenvalue weighted by molar-refractivity contribution is 6.30. The molecule has 0 amide bonds. The van der Waals surface area contributed by atoms with Gasteiger partial charge in [0.15, 0.2) is 5.78 Å². The van der Waals surface area contributed by atoms with Crippen LogP contribution in [0.1, 0.15) is 10.4 Å². The molecule has 0 spiro atoms. The first kappa shape index (κ1) is 11.5. The first-order chi connectivity index (χ1) is 7.59. The summed E-state index contributed by atoms with van der Waals surface area (Å²) in [5.41, 5.74) is 5.73. The molecule has 0 bridgehead atoms. The monoisotopic (exact) mass is 243 g/mol. The summed E-state index contributed by atoms with van der Waals surface area (Å²) >= 11 is 5.61. The summed E-state index contributed by atoms with van der Waals surface area (Å²) in [5.74, 6) is -1.40. The lowest BCUT2D eigenvalue weighted by Crippen LogP contribution is -2.34. The zero-order valence-corrected chi connectivity index (χ0v) is 9.21. The average molecular weight is 244 g/mol. The fourth-order valence-corrected chi connectivity index (χ4v) is 1.89. The van der Waals surface area contributed by atoms with Gasteiger partial charge in [0.25, 0.3) is 0 Å². The second-order valence-electron chi connectivity index (χ2n) is 3.80. The number of rotatable bonds is 2. The van der Waals surface area contributed by atoms with E-state index in [0.717, 1.165) is 6.07 Å². The first-order valence-electron chi connectivity index (χ1n) is 4.92. The van der Waals surface area contributed by atoms with E-state index < -0.39 is 11.7 Å². The molecule has 2 N–H and O–H groups in total. The predicted molar refractivity (Wildman–Crippen MR) is 58.0 cm³/mol. The molecule has 2 rings (SSSR count). The van der Waals surface area contributed by atoms with E-state index in [1.54, 1.807) is 0 Å². The number of carbonyl (C=O) groups excluding carboxylic acids is 1. The summed E-state index contributed by atoms with van der Waals surface area (Å²) in [5, 5.41) is 0.265. The van der Waals surface area contributed by atoms with E-state index in [1.807, 2.05) is 0 Å². The number of carbonyl (C=O) groups is 1. The van der Waals surface area contributed by atoms with Crippen LogP contribution in [0.25, 0.3) is 0 Å². The molecule has 0 aromatic heterocycles. The van der Waals surface area contributed by atoms with E-state index in [1.165, 1.54) is 12.1 Å². The lowest BCUT2D eigenvalue weighted by atomic mass is 9.94. The normalized spacial score (nSPS) is 24.7. The molecule has 1 saturated heterocycles. The van der Waals surface area contributed by atoms with Crippen molar-refractivity contribution in [2.75, 3.05) is 13.2 Å². The maximum Gasteiger partial charge on any atom is 0.172 e. The Morgan fingerprint density at radius 1 is 1.50 bits per heavy atom. The van der Waals surface area contributed by atoms with Gasteiger partial charge in [0.1, 0.15) is 5.82 Å². The van der Waals surface area contributed by atoms with Crippen molar-refractivity contribution in [3.63, 3.8) is 0 Å². The van der Waals surface area contributed by atoms with Crippen LogP contribution >= 0.6 is 11.6 Å². The molecule has 1 aliphatic heterocycles. The Bertz CT molecular complexity index is 424. The molecule has 2 unspecified atom stereocenters. The minimum atomic E-state index is -0.614. The summed E-state index contributed by atoms with van der Waals surface area (Å²) in [6.07, 6.45) is 0. The Balaban J connectivity index is 2.27. The van der Waals surface area contributed by atoms with Crippen molar-refractivity contribution in [2.45, 2.75) is 6.04 Å². The van der Waals surface area contributed by atoms with E-state index >= 15 is 0 Å². The van der Waals surface area contributed by atoms with Gasteiger partial charge in [0.2, 0.25) is 0 Å². The minimum Gasteiger partial charge on any atom is -0.379 e. The maximum absolute atomic E-state index is 13.5. The quantitative estimate of drug-likeness (QED) is 0.804. The van der Waals surface area contributed by atoms with Crippen LogP contribution in [0.3, 0.4) is 0 Å². The zero-order chi connectivity index (χ0) is 11.7. The van der Waals surface area contributed by atoms with Crippen LogP contribution in [0.2, 0.25) is 5.02 Å². The first-order valence-corrected chi connectivity index (χ1v) is 5.30. The molecule has 1 fully saturated rings. The van der Waals surface area contributed by atoms with Crippen LogP contribution in [-0.2, 0) is 4.74 Å². The van der Waals surface area contributed by atoms with Gasteiger partial charge in [-0.15, -0.1) is 0 Å². The van der Waals surface area contributed by atoms with Crippen LogP contribution in [-0.4, -0.2) is 25.0 Å². The number of hydrogen-bond acceptors (Lipinski definition) is 3. The van der Waals surface area contributed by atoms with Gasteiger partial charge in [-0.1, -0.05) is 11.6 Å². The Morgan fingerprint density at radius 3 is 2.81 bits per heavy atom. The summed E-state index contributed by atoms with van der Waals surface area (Å²) < 4.78 is 18.6. The van der Waals surface area contributed by atoms with Gasteiger partial charge in [0, 0.05) is 11.1 Å². The van der Waals surface area contributed by atoms with Crippen LogP contribution in [0.4, 0.5) is 4.39 Å². The van der Waals surface area contributed by atoms with Gasteiger partial charge in [-0.3, -0.25) is 4.79 Å². The Morgan fingerprint density at radius 2 is 2.25 bits per heavy atom.